The summed E-state index contributed by atoms with van der Waals surface area (Å²) in [4.78, 5) is 113. The molecule has 23 heteroatoms. The molecule has 0 saturated carbocycles. The number of anilines is 5. The molecule has 11 rings (SSSR count). The molecule has 5 amide bonds. The van der Waals surface area contributed by atoms with E-state index in [9.17, 15) is 43.4 Å². The molecule has 4 aromatic heterocycles. The van der Waals surface area contributed by atoms with E-state index >= 15 is 0 Å². The molecule has 5 aromatic rings. The molecular formula is C55H63N10O11PS. The smallest absolute Gasteiger partial charge is 0.471 e. The van der Waals surface area contributed by atoms with Crippen molar-refractivity contribution in [2.45, 2.75) is 122 Å². The minimum Gasteiger partial charge on any atom is -0.480 e. The third-order valence-corrected chi connectivity index (χ3v) is 18.2. The first kappa shape index (κ1) is 53.4. The molecule has 0 spiro atoms. The van der Waals surface area contributed by atoms with Gasteiger partial charge >= 0.3 is 7.82 Å². The molecule has 3 saturated heterocycles. The number of nitrogens with zero attached hydrogens (tertiary/aromatic N) is 9. The summed E-state index contributed by atoms with van der Waals surface area (Å²) in [5, 5.41) is 14.7. The number of carbonyl (C=O) groups excluding carboxylic acids is 5. The number of pyridine rings is 3. The molecule has 4 N–H and O–H groups in total. The second-order valence-electron chi connectivity index (χ2n) is 21.1. The molecule has 3 fully saturated rings. The van der Waals surface area contributed by atoms with E-state index in [0.29, 0.717) is 63.9 Å². The van der Waals surface area contributed by atoms with Crippen LogP contribution < -0.4 is 24.8 Å². The van der Waals surface area contributed by atoms with Crippen LogP contribution in [0.3, 0.4) is 0 Å². The molecule has 21 nitrogen and oxygen atoms in total. The minimum absolute atomic E-state index is 0.0652. The van der Waals surface area contributed by atoms with Crippen LogP contribution in [0.5, 0.6) is 5.88 Å². The van der Waals surface area contributed by atoms with E-state index in [0.717, 1.165) is 92.7 Å². The number of thiophene rings is 1. The summed E-state index contributed by atoms with van der Waals surface area (Å²) in [5.41, 5.74) is 7.17. The lowest BCUT2D eigenvalue weighted by atomic mass is 9.91. The topological polar surface area (TPSA) is 252 Å². The molecule has 0 radical (unpaired) electrons. The van der Waals surface area contributed by atoms with Crippen molar-refractivity contribution >= 4 is 77.4 Å². The van der Waals surface area contributed by atoms with E-state index in [-0.39, 0.29) is 42.0 Å². The number of methoxy groups -OCH3 is 1. The number of rotatable bonds is 13. The zero-order valence-corrected chi connectivity index (χ0v) is 45.8. The zero-order valence-electron chi connectivity index (χ0n) is 44.1. The number of phosphoric ester groups is 1. The van der Waals surface area contributed by atoms with Crippen molar-refractivity contribution in [3.05, 3.63) is 98.6 Å². The maximum atomic E-state index is 14.1. The molecule has 78 heavy (non-hydrogen) atoms. The molecule has 6 aliphatic rings. The van der Waals surface area contributed by atoms with Crippen LogP contribution in [-0.4, -0.2) is 144 Å². The van der Waals surface area contributed by atoms with Gasteiger partial charge in [0.1, 0.15) is 29.6 Å². The number of fused-ring (bicyclic) bond motifs is 4. The lowest BCUT2D eigenvalue weighted by Crippen LogP contribution is -2.58. The number of benzene rings is 1. The van der Waals surface area contributed by atoms with E-state index in [4.69, 9.17) is 14.7 Å². The second-order valence-corrected chi connectivity index (χ2v) is 23.4. The monoisotopic (exact) mass is 1100 g/mol. The Morgan fingerprint density at radius 2 is 1.55 bits per heavy atom. The SMILES string of the molecule is COc1ncc(-c2ccnc(N3CCc4c(sc5c4CCCC5)C3=O)c2[C@@H](C)O)cc1Nc1ccc(N2CCN(C3CCN(c4ccc5c(c4)C(=O)N(C4CCC(=O)N(C(C)OP(=O)(O)O)C4=O)C5=O)[C@@H](C)C3)C[C@@H]2C)cn1. The first-order valence-electron chi connectivity index (χ1n) is 26.7. The number of ether oxygens (including phenoxy) is 1. The lowest BCUT2D eigenvalue weighted by molar-refractivity contribution is -0.161. The Balaban J connectivity index is 0.718. The Kier molecular flexibility index (Phi) is 14.5. The van der Waals surface area contributed by atoms with Crippen LogP contribution in [0, 0.1) is 0 Å². The van der Waals surface area contributed by atoms with Crippen LogP contribution in [0.15, 0.2) is 61.1 Å². The van der Waals surface area contributed by atoms with Gasteiger partial charge in [-0.05, 0) is 138 Å². The van der Waals surface area contributed by atoms with Crippen molar-refractivity contribution in [2.24, 2.45) is 0 Å². The number of piperazine rings is 1. The van der Waals surface area contributed by atoms with Crippen molar-refractivity contribution < 1.29 is 52.7 Å². The van der Waals surface area contributed by atoms with Gasteiger partial charge in [-0.15, -0.1) is 11.3 Å². The number of imide groups is 2. The van der Waals surface area contributed by atoms with Gasteiger partial charge in [-0.25, -0.2) is 19.5 Å². The van der Waals surface area contributed by atoms with Gasteiger partial charge in [-0.1, -0.05) is 0 Å². The molecule has 5 aliphatic heterocycles. The normalized spacial score (nSPS) is 22.9. The number of amides is 5. The van der Waals surface area contributed by atoms with Gasteiger partial charge in [-0.3, -0.25) is 48.1 Å². The number of aliphatic hydroxyl groups is 1. The van der Waals surface area contributed by atoms with Gasteiger partial charge in [0.25, 0.3) is 23.6 Å². The fraction of sp³-hybridized carbons (Fsp3) is 0.455. The number of aliphatic hydroxyl groups excluding tert-OH is 1. The molecule has 6 atom stereocenters. The molecule has 0 bridgehead atoms. The van der Waals surface area contributed by atoms with Crippen LogP contribution in [-0.2, 0) is 37.9 Å². The molecule has 3 unspecified atom stereocenters. The Bertz CT molecular complexity index is 3280. The van der Waals surface area contributed by atoms with Gasteiger partial charge in [0.2, 0.25) is 11.8 Å². The summed E-state index contributed by atoms with van der Waals surface area (Å²) in [6.45, 7) is 10.9. The highest BCUT2D eigenvalue weighted by atomic mass is 32.1. The Labute approximate surface area is 455 Å². The number of aryl methyl sites for hydroxylation is 1. The lowest BCUT2D eigenvalue weighted by Gasteiger charge is -2.48. The third kappa shape index (κ3) is 9.85. The minimum atomic E-state index is -5.07. The third-order valence-electron chi connectivity index (χ3n) is 16.3. The largest absolute Gasteiger partial charge is 0.480 e. The average molecular weight is 1100 g/mol. The van der Waals surface area contributed by atoms with Crippen molar-refractivity contribution in [2.75, 3.05) is 59.9 Å². The number of piperidine rings is 2. The number of hydrogen-bond donors (Lipinski definition) is 4. The van der Waals surface area contributed by atoms with Crippen molar-refractivity contribution in [1.82, 2.24) is 29.7 Å². The second kappa shape index (κ2) is 21.2. The predicted octanol–water partition coefficient (Wildman–Crippen LogP) is 6.62. The Morgan fingerprint density at radius 3 is 2.28 bits per heavy atom. The van der Waals surface area contributed by atoms with Crippen LogP contribution >= 0.6 is 19.2 Å². The van der Waals surface area contributed by atoms with Crippen LogP contribution in [0.25, 0.3) is 11.1 Å². The van der Waals surface area contributed by atoms with E-state index < -0.39 is 49.8 Å². The summed E-state index contributed by atoms with van der Waals surface area (Å²) in [5.74, 6) is -1.67. The van der Waals surface area contributed by atoms with E-state index in [2.05, 4.69) is 49.4 Å². The van der Waals surface area contributed by atoms with E-state index in [1.54, 1.807) is 54.8 Å². The van der Waals surface area contributed by atoms with Gasteiger partial charge in [0.05, 0.1) is 41.1 Å². The fourth-order valence-corrected chi connectivity index (χ4v) is 14.5. The number of phosphoric acid groups is 1. The van der Waals surface area contributed by atoms with Crippen LogP contribution in [0.2, 0.25) is 0 Å². The van der Waals surface area contributed by atoms with Crippen molar-refractivity contribution in [1.29, 1.82) is 0 Å². The molecular weight excluding hydrogens is 1040 g/mol. The van der Waals surface area contributed by atoms with Crippen LogP contribution in [0.1, 0.15) is 124 Å². The first-order chi connectivity index (χ1) is 37.4. The molecule has 410 valence electrons. The number of aromatic nitrogens is 3. The number of nitrogens with one attached hydrogen (secondary N) is 1. The van der Waals surface area contributed by atoms with Crippen molar-refractivity contribution in [3.63, 3.8) is 0 Å². The number of carbonyl (C=O) groups is 5. The van der Waals surface area contributed by atoms with E-state index in [1.165, 1.54) is 16.0 Å². The summed E-state index contributed by atoms with van der Waals surface area (Å²) in [7, 11) is -3.51. The van der Waals surface area contributed by atoms with E-state index in [1.807, 2.05) is 30.5 Å². The number of hydrogen-bond acceptors (Lipinski definition) is 17. The maximum Gasteiger partial charge on any atom is 0.471 e. The van der Waals surface area contributed by atoms with Gasteiger partial charge in [-0.2, -0.15) is 0 Å². The highest BCUT2D eigenvalue weighted by Gasteiger charge is 2.49. The van der Waals surface area contributed by atoms with Gasteiger partial charge < -0.3 is 34.7 Å². The zero-order chi connectivity index (χ0) is 54.9. The highest BCUT2D eigenvalue weighted by Crippen LogP contribution is 2.44. The summed E-state index contributed by atoms with van der Waals surface area (Å²) in [6.07, 6.45) is 9.20. The average Bonchev–Trinajstić information content (AvgIpc) is 4.15. The molecule has 1 aromatic carbocycles. The maximum absolute atomic E-state index is 14.1. The molecule has 1 aliphatic carbocycles. The number of likely N-dealkylation sites (tertiary alicyclic amines) is 1. The quantitative estimate of drug-likeness (QED) is 0.0714. The first-order valence-corrected chi connectivity index (χ1v) is 29.0. The van der Waals surface area contributed by atoms with Gasteiger partial charge in [0, 0.05) is 91.4 Å². The van der Waals surface area contributed by atoms with Crippen molar-refractivity contribution in [3.8, 4) is 17.0 Å². The van der Waals surface area contributed by atoms with Gasteiger partial charge in [0.15, 0.2) is 0 Å². The molecule has 9 heterocycles. The Hall–Kier alpha value is -6.65. The standard InChI is InChI=1S/C55H63N10O11PS/c1-30-24-35(17-20-61(30)36-10-12-41-42(26-36)53(69)65(52(41)68)44-13-15-47(67)64(54(44)70)33(4)76-77(72,73)74)60-22-23-62(31(2)29-60)37-11-14-46(57-28-37)59-43-25-34(27-58-51(43)75-5)38-16-19-56-50(48(38)32(3)66)63-21-18-40-39-8-6-7-9-45(39)78-49(40)55(63)71/h10-12,14,16,19,25-28,30-33,35,44,66H,6-9,13,15,17-18,20-24,29H2,1-5H3,(H,57,59)(H2,72,73,74)/t30-,31-,32+,33?,35?,44?/m0/s1. The highest BCUT2D eigenvalue weighted by molar-refractivity contribution is 7.46. The summed E-state index contributed by atoms with van der Waals surface area (Å²) < 4.78 is 21.8. The predicted molar refractivity (Wildman–Crippen MR) is 291 cm³/mol. The Morgan fingerprint density at radius 1 is 0.782 bits per heavy atom. The van der Waals surface area contributed by atoms with Crippen LogP contribution in [0.4, 0.5) is 28.7 Å². The summed E-state index contributed by atoms with van der Waals surface area (Å²) >= 11 is 1.62. The summed E-state index contributed by atoms with van der Waals surface area (Å²) in [6, 6.07) is 12.1. The fourth-order valence-electron chi connectivity index (χ4n) is 12.6.